The van der Waals surface area contributed by atoms with E-state index in [9.17, 15) is 0 Å². The van der Waals surface area contributed by atoms with Gasteiger partial charge in [0.2, 0.25) is 0 Å². The van der Waals surface area contributed by atoms with Crippen LogP contribution in [0.5, 0.6) is 0 Å². The number of imidazole rings is 1. The van der Waals surface area contributed by atoms with Gasteiger partial charge in [-0.2, -0.15) is 0 Å². The van der Waals surface area contributed by atoms with Gasteiger partial charge >= 0.3 is 0 Å². The number of benzene rings is 1. The molecule has 0 unspecified atom stereocenters. The molecule has 1 aliphatic carbocycles. The molecule has 2 heterocycles. The van der Waals surface area contributed by atoms with Crippen LogP contribution in [0.2, 0.25) is 0 Å². The zero-order valence-electron chi connectivity index (χ0n) is 10.8. The fourth-order valence-corrected chi connectivity index (χ4v) is 2.89. The van der Waals surface area contributed by atoms with Crippen LogP contribution in [0, 0.1) is 0 Å². The topological polar surface area (TPSA) is 57.0 Å². The fraction of sp³-hybridized carbons (Fsp3) is 0.267. The molecule has 2 N–H and O–H groups in total. The number of nitrogens with zero attached hydrogens (tertiary/aromatic N) is 2. The number of rotatable bonds is 3. The van der Waals surface area contributed by atoms with Crippen LogP contribution < -0.4 is 5.73 Å². The van der Waals surface area contributed by atoms with Crippen LogP contribution in [0.3, 0.4) is 0 Å². The molecule has 0 saturated heterocycles. The maximum atomic E-state index is 5.71. The maximum absolute atomic E-state index is 5.71. The predicted octanol–water partition coefficient (Wildman–Crippen LogP) is 3.85. The first-order valence-corrected chi connectivity index (χ1v) is 7.52. The summed E-state index contributed by atoms with van der Waals surface area (Å²) in [7, 11) is 0. The lowest BCUT2D eigenvalue weighted by molar-refractivity contribution is 0.546. The van der Waals surface area contributed by atoms with Crippen molar-refractivity contribution in [3.05, 3.63) is 40.6 Å². The van der Waals surface area contributed by atoms with Crippen molar-refractivity contribution in [3.8, 4) is 11.6 Å². The van der Waals surface area contributed by atoms with E-state index in [-0.39, 0.29) is 0 Å². The Morgan fingerprint density at radius 2 is 2.15 bits per heavy atom. The second kappa shape index (κ2) is 4.46. The monoisotopic (exact) mass is 331 g/mol. The molecule has 0 atom stereocenters. The van der Waals surface area contributed by atoms with Gasteiger partial charge in [-0.1, -0.05) is 6.07 Å². The first-order valence-electron chi connectivity index (χ1n) is 6.73. The largest absolute Gasteiger partial charge is 0.446 e. The molecule has 1 aliphatic rings. The number of hydrogen-bond donors (Lipinski definition) is 1. The van der Waals surface area contributed by atoms with Gasteiger partial charge in [-0.25, -0.2) is 4.98 Å². The Bertz CT molecular complexity index is 786. The highest BCUT2D eigenvalue weighted by atomic mass is 79.9. The Kier molecular flexibility index (Phi) is 2.72. The molecule has 1 aromatic carbocycles. The Morgan fingerprint density at radius 3 is 2.80 bits per heavy atom. The molecule has 4 rings (SSSR count). The van der Waals surface area contributed by atoms with E-state index in [2.05, 4.69) is 38.7 Å². The van der Waals surface area contributed by atoms with Gasteiger partial charge in [-0.15, -0.1) is 0 Å². The molecule has 1 saturated carbocycles. The van der Waals surface area contributed by atoms with Gasteiger partial charge in [0.25, 0.3) is 0 Å². The van der Waals surface area contributed by atoms with Gasteiger partial charge in [0.1, 0.15) is 0 Å². The lowest BCUT2D eigenvalue weighted by atomic mass is 10.2. The summed E-state index contributed by atoms with van der Waals surface area (Å²) in [5, 5.41) is 0. The minimum absolute atomic E-state index is 0.536. The third kappa shape index (κ3) is 1.89. The van der Waals surface area contributed by atoms with Crippen LogP contribution in [0.4, 0.5) is 0 Å². The average molecular weight is 332 g/mol. The van der Waals surface area contributed by atoms with E-state index in [0.29, 0.717) is 12.6 Å². The van der Waals surface area contributed by atoms with Crippen LogP contribution in [0.1, 0.15) is 24.4 Å². The summed E-state index contributed by atoms with van der Waals surface area (Å²) in [6.07, 6.45) is 2.41. The van der Waals surface area contributed by atoms with E-state index in [0.717, 1.165) is 32.9 Å². The predicted molar refractivity (Wildman–Crippen MR) is 81.3 cm³/mol. The fourth-order valence-electron chi connectivity index (χ4n) is 2.58. The van der Waals surface area contributed by atoms with E-state index in [1.807, 2.05) is 12.1 Å². The molecule has 20 heavy (non-hydrogen) atoms. The molecule has 2 aromatic heterocycles. The van der Waals surface area contributed by atoms with Crippen LogP contribution in [0.25, 0.3) is 22.6 Å². The van der Waals surface area contributed by atoms with Crippen molar-refractivity contribution >= 4 is 27.0 Å². The molecule has 0 radical (unpaired) electrons. The SMILES string of the molecule is NCc1ccc2c(c1)nc(-c1ccc(Br)o1)n2C1CC1. The van der Waals surface area contributed by atoms with E-state index < -0.39 is 0 Å². The Morgan fingerprint density at radius 1 is 1.30 bits per heavy atom. The van der Waals surface area contributed by atoms with Gasteiger partial charge in [0, 0.05) is 12.6 Å². The van der Waals surface area contributed by atoms with Crippen LogP contribution >= 0.6 is 15.9 Å². The van der Waals surface area contributed by atoms with Gasteiger partial charge in [-0.05, 0) is 58.6 Å². The smallest absolute Gasteiger partial charge is 0.177 e. The highest BCUT2D eigenvalue weighted by Crippen LogP contribution is 2.41. The van der Waals surface area contributed by atoms with E-state index in [4.69, 9.17) is 15.1 Å². The zero-order valence-corrected chi connectivity index (χ0v) is 12.4. The van der Waals surface area contributed by atoms with Gasteiger partial charge < -0.3 is 14.7 Å². The molecule has 4 nitrogen and oxygen atoms in total. The average Bonchev–Trinajstić information content (AvgIpc) is 3.09. The minimum Gasteiger partial charge on any atom is -0.446 e. The number of aromatic nitrogens is 2. The van der Waals surface area contributed by atoms with Crippen LogP contribution in [0.15, 0.2) is 39.4 Å². The number of hydrogen-bond acceptors (Lipinski definition) is 3. The molecular formula is C15H14BrN3O. The number of furan rings is 1. The van der Waals surface area contributed by atoms with E-state index in [1.54, 1.807) is 0 Å². The van der Waals surface area contributed by atoms with Gasteiger partial charge in [0.05, 0.1) is 11.0 Å². The maximum Gasteiger partial charge on any atom is 0.177 e. The standard InChI is InChI=1S/C15H14BrN3O/c16-14-6-5-13(20-14)15-18-11-7-9(8-17)1-4-12(11)19(15)10-2-3-10/h1,4-7,10H,2-3,8,17H2. The Hall–Kier alpha value is -1.59. The normalized spacial score (nSPS) is 15.1. The van der Waals surface area contributed by atoms with Crippen molar-refractivity contribution in [1.82, 2.24) is 9.55 Å². The molecule has 3 aromatic rings. The third-order valence-corrected chi connectivity index (χ3v) is 4.12. The molecule has 102 valence electrons. The van der Waals surface area contributed by atoms with E-state index >= 15 is 0 Å². The summed E-state index contributed by atoms with van der Waals surface area (Å²) >= 11 is 3.35. The lowest BCUT2D eigenvalue weighted by Gasteiger charge is -2.05. The van der Waals surface area contributed by atoms with Crippen molar-refractivity contribution in [2.24, 2.45) is 5.73 Å². The Balaban J connectivity index is 1.96. The second-order valence-corrected chi connectivity index (χ2v) is 5.95. The lowest BCUT2D eigenvalue weighted by Crippen LogP contribution is -1.97. The van der Waals surface area contributed by atoms with Crippen LogP contribution in [-0.4, -0.2) is 9.55 Å². The zero-order chi connectivity index (χ0) is 13.7. The minimum atomic E-state index is 0.536. The molecule has 5 heteroatoms. The third-order valence-electron chi connectivity index (χ3n) is 3.70. The molecular weight excluding hydrogens is 318 g/mol. The van der Waals surface area contributed by atoms with Gasteiger partial charge in [-0.3, -0.25) is 0 Å². The van der Waals surface area contributed by atoms with Crippen molar-refractivity contribution in [2.75, 3.05) is 0 Å². The van der Waals surface area contributed by atoms with Gasteiger partial charge in [0.15, 0.2) is 16.3 Å². The van der Waals surface area contributed by atoms with Crippen molar-refractivity contribution in [3.63, 3.8) is 0 Å². The molecule has 0 amide bonds. The summed E-state index contributed by atoms with van der Waals surface area (Å²) in [4.78, 5) is 4.76. The first kappa shape index (κ1) is 12.2. The number of nitrogens with two attached hydrogens (primary N) is 1. The second-order valence-electron chi connectivity index (χ2n) is 5.17. The summed E-state index contributed by atoms with van der Waals surface area (Å²) < 4.78 is 8.70. The number of halogens is 1. The first-order chi connectivity index (χ1) is 9.76. The molecule has 0 aliphatic heterocycles. The summed E-state index contributed by atoms with van der Waals surface area (Å²) in [6.45, 7) is 0.536. The van der Waals surface area contributed by atoms with Crippen molar-refractivity contribution < 1.29 is 4.42 Å². The van der Waals surface area contributed by atoms with Crippen molar-refractivity contribution in [1.29, 1.82) is 0 Å². The van der Waals surface area contributed by atoms with E-state index in [1.165, 1.54) is 12.8 Å². The summed E-state index contributed by atoms with van der Waals surface area (Å²) in [6, 6.07) is 10.7. The summed E-state index contributed by atoms with van der Waals surface area (Å²) in [5.74, 6) is 1.71. The van der Waals surface area contributed by atoms with Crippen molar-refractivity contribution in [2.45, 2.75) is 25.4 Å². The van der Waals surface area contributed by atoms with Crippen LogP contribution in [-0.2, 0) is 6.54 Å². The quantitative estimate of drug-likeness (QED) is 0.792. The summed E-state index contributed by atoms with van der Waals surface area (Å²) in [5.41, 5.74) is 8.96. The highest BCUT2D eigenvalue weighted by molar-refractivity contribution is 9.10. The Labute approximate surface area is 124 Å². The molecule has 1 fully saturated rings. The number of fused-ring (bicyclic) bond motifs is 1. The highest BCUT2D eigenvalue weighted by Gasteiger charge is 2.29. The molecule has 0 spiro atoms. The molecule has 0 bridgehead atoms.